The standard InChI is InChI=1S/C11H13F3O2/c1-7-3-4-10(9(5-7)8(2)15)16-6-11(12,13)14/h3-5,8,15H,6H2,1-2H3. The zero-order valence-electron chi connectivity index (χ0n) is 9.01. The molecule has 16 heavy (non-hydrogen) atoms. The van der Waals surface area contributed by atoms with Crippen LogP contribution < -0.4 is 4.74 Å². The Balaban J connectivity index is 2.87. The molecule has 0 spiro atoms. The first kappa shape index (κ1) is 12.8. The molecule has 0 saturated heterocycles. The Morgan fingerprint density at radius 2 is 2.00 bits per heavy atom. The Labute approximate surface area is 91.7 Å². The lowest BCUT2D eigenvalue weighted by molar-refractivity contribution is -0.153. The summed E-state index contributed by atoms with van der Waals surface area (Å²) in [6.07, 6.45) is -5.23. The van der Waals surface area contributed by atoms with Gasteiger partial charge in [0.1, 0.15) is 5.75 Å². The molecular formula is C11H13F3O2. The summed E-state index contributed by atoms with van der Waals surface area (Å²) in [5.74, 6) is 0.0675. The van der Waals surface area contributed by atoms with Crippen molar-refractivity contribution in [2.24, 2.45) is 0 Å². The fourth-order valence-electron chi connectivity index (χ4n) is 1.29. The van der Waals surface area contributed by atoms with Crippen LogP contribution in [0.3, 0.4) is 0 Å². The lowest BCUT2D eigenvalue weighted by Crippen LogP contribution is -2.20. The van der Waals surface area contributed by atoms with Crippen molar-refractivity contribution in [3.8, 4) is 5.75 Å². The number of benzene rings is 1. The molecule has 1 rings (SSSR count). The summed E-state index contributed by atoms with van der Waals surface area (Å²) in [5, 5.41) is 9.40. The van der Waals surface area contributed by atoms with Gasteiger partial charge in [-0.3, -0.25) is 0 Å². The second-order valence-corrected chi connectivity index (χ2v) is 3.62. The lowest BCUT2D eigenvalue weighted by Gasteiger charge is -2.15. The number of hydrogen-bond acceptors (Lipinski definition) is 2. The van der Waals surface area contributed by atoms with Crippen molar-refractivity contribution in [1.29, 1.82) is 0 Å². The van der Waals surface area contributed by atoms with E-state index in [1.807, 2.05) is 0 Å². The first-order valence-corrected chi connectivity index (χ1v) is 4.78. The molecule has 0 amide bonds. The zero-order valence-corrected chi connectivity index (χ0v) is 9.01. The Bertz CT molecular complexity index is 359. The highest BCUT2D eigenvalue weighted by Gasteiger charge is 2.29. The summed E-state index contributed by atoms with van der Waals surface area (Å²) in [5.41, 5.74) is 1.22. The van der Waals surface area contributed by atoms with Crippen molar-refractivity contribution < 1.29 is 23.0 Å². The molecule has 1 aromatic rings. The quantitative estimate of drug-likeness (QED) is 0.871. The molecule has 90 valence electrons. The summed E-state index contributed by atoms with van der Waals surface area (Å²) in [7, 11) is 0. The summed E-state index contributed by atoms with van der Waals surface area (Å²) < 4.78 is 40.5. The normalized spacial score (nSPS) is 13.6. The molecule has 0 fully saturated rings. The van der Waals surface area contributed by atoms with Crippen LogP contribution in [0.5, 0.6) is 5.75 Å². The molecule has 1 N–H and O–H groups in total. The van der Waals surface area contributed by atoms with Gasteiger partial charge in [0.05, 0.1) is 6.10 Å². The highest BCUT2D eigenvalue weighted by Crippen LogP contribution is 2.27. The topological polar surface area (TPSA) is 29.5 Å². The van der Waals surface area contributed by atoms with E-state index in [1.54, 1.807) is 19.1 Å². The molecule has 0 heterocycles. The van der Waals surface area contributed by atoms with Gasteiger partial charge in [-0.15, -0.1) is 0 Å². The third-order valence-electron chi connectivity index (χ3n) is 2.01. The van der Waals surface area contributed by atoms with E-state index in [4.69, 9.17) is 0 Å². The molecule has 0 aromatic heterocycles. The average molecular weight is 234 g/mol. The van der Waals surface area contributed by atoms with Crippen molar-refractivity contribution in [2.75, 3.05) is 6.61 Å². The van der Waals surface area contributed by atoms with E-state index in [-0.39, 0.29) is 5.75 Å². The van der Waals surface area contributed by atoms with E-state index in [0.29, 0.717) is 5.56 Å². The second-order valence-electron chi connectivity index (χ2n) is 3.62. The number of aryl methyl sites for hydroxylation is 1. The number of aliphatic hydroxyl groups is 1. The molecule has 0 radical (unpaired) electrons. The van der Waals surface area contributed by atoms with Gasteiger partial charge in [-0.25, -0.2) is 0 Å². The van der Waals surface area contributed by atoms with E-state index in [0.717, 1.165) is 5.56 Å². The Kier molecular flexibility index (Phi) is 3.80. The van der Waals surface area contributed by atoms with Crippen molar-refractivity contribution in [3.05, 3.63) is 29.3 Å². The van der Waals surface area contributed by atoms with Gasteiger partial charge in [-0.2, -0.15) is 13.2 Å². The minimum atomic E-state index is -4.37. The van der Waals surface area contributed by atoms with E-state index < -0.39 is 18.9 Å². The molecule has 1 atom stereocenters. The van der Waals surface area contributed by atoms with Crippen LogP contribution in [0.2, 0.25) is 0 Å². The predicted octanol–water partition coefficient (Wildman–Crippen LogP) is 2.99. The van der Waals surface area contributed by atoms with Crippen molar-refractivity contribution in [2.45, 2.75) is 26.1 Å². The number of hydrogen-bond donors (Lipinski definition) is 1. The van der Waals surface area contributed by atoms with Gasteiger partial charge < -0.3 is 9.84 Å². The maximum atomic E-state index is 12.0. The minimum Gasteiger partial charge on any atom is -0.484 e. The molecular weight excluding hydrogens is 221 g/mol. The largest absolute Gasteiger partial charge is 0.484 e. The van der Waals surface area contributed by atoms with Gasteiger partial charge in [0, 0.05) is 5.56 Å². The van der Waals surface area contributed by atoms with E-state index in [2.05, 4.69) is 4.74 Å². The molecule has 0 saturated carbocycles. The number of ether oxygens (including phenoxy) is 1. The van der Waals surface area contributed by atoms with Crippen LogP contribution in [0.15, 0.2) is 18.2 Å². The fourth-order valence-corrected chi connectivity index (χ4v) is 1.29. The second kappa shape index (κ2) is 4.74. The van der Waals surface area contributed by atoms with E-state index >= 15 is 0 Å². The Morgan fingerprint density at radius 3 is 2.50 bits per heavy atom. The van der Waals surface area contributed by atoms with Crippen molar-refractivity contribution >= 4 is 0 Å². The van der Waals surface area contributed by atoms with Gasteiger partial charge >= 0.3 is 6.18 Å². The maximum absolute atomic E-state index is 12.0. The molecule has 0 aliphatic heterocycles. The first-order chi connectivity index (χ1) is 7.29. The Hall–Kier alpha value is -1.23. The van der Waals surface area contributed by atoms with Crippen LogP contribution in [0.1, 0.15) is 24.2 Å². The van der Waals surface area contributed by atoms with Crippen molar-refractivity contribution in [3.63, 3.8) is 0 Å². The lowest BCUT2D eigenvalue weighted by atomic mass is 10.1. The zero-order chi connectivity index (χ0) is 12.3. The third kappa shape index (κ3) is 3.73. The smallest absolute Gasteiger partial charge is 0.422 e. The summed E-state index contributed by atoms with van der Waals surface area (Å²) in [6.45, 7) is 1.92. The Morgan fingerprint density at radius 1 is 1.38 bits per heavy atom. The van der Waals surface area contributed by atoms with Crippen LogP contribution >= 0.6 is 0 Å². The highest BCUT2D eigenvalue weighted by molar-refractivity contribution is 5.38. The highest BCUT2D eigenvalue weighted by atomic mass is 19.4. The number of halogens is 3. The monoisotopic (exact) mass is 234 g/mol. The first-order valence-electron chi connectivity index (χ1n) is 4.78. The van der Waals surface area contributed by atoms with Gasteiger partial charge in [-0.1, -0.05) is 11.6 Å². The molecule has 2 nitrogen and oxygen atoms in total. The molecule has 1 aromatic carbocycles. The molecule has 0 aliphatic rings. The predicted molar refractivity (Wildman–Crippen MR) is 53.4 cm³/mol. The van der Waals surface area contributed by atoms with E-state index in [9.17, 15) is 18.3 Å². The molecule has 1 unspecified atom stereocenters. The van der Waals surface area contributed by atoms with Gasteiger partial charge in [-0.05, 0) is 26.0 Å². The maximum Gasteiger partial charge on any atom is 0.422 e. The van der Waals surface area contributed by atoms with Gasteiger partial charge in [0.25, 0.3) is 0 Å². The SMILES string of the molecule is Cc1ccc(OCC(F)(F)F)c(C(C)O)c1. The number of alkyl halides is 3. The number of aliphatic hydroxyl groups excluding tert-OH is 1. The van der Waals surface area contributed by atoms with Gasteiger partial charge in [0.15, 0.2) is 6.61 Å². The molecule has 5 heteroatoms. The van der Waals surface area contributed by atoms with Crippen LogP contribution in [-0.2, 0) is 0 Å². The summed E-state index contributed by atoms with van der Waals surface area (Å²) in [6, 6.07) is 4.68. The fraction of sp³-hybridized carbons (Fsp3) is 0.455. The van der Waals surface area contributed by atoms with Crippen LogP contribution in [0, 0.1) is 6.92 Å². The minimum absolute atomic E-state index is 0.0675. The van der Waals surface area contributed by atoms with Crippen molar-refractivity contribution in [1.82, 2.24) is 0 Å². The molecule has 0 bridgehead atoms. The number of rotatable bonds is 3. The molecule has 0 aliphatic carbocycles. The van der Waals surface area contributed by atoms with E-state index in [1.165, 1.54) is 13.0 Å². The van der Waals surface area contributed by atoms with Crippen LogP contribution in [0.4, 0.5) is 13.2 Å². The average Bonchev–Trinajstić information content (AvgIpc) is 2.14. The summed E-state index contributed by atoms with van der Waals surface area (Å²) >= 11 is 0. The van der Waals surface area contributed by atoms with Crippen LogP contribution in [-0.4, -0.2) is 17.9 Å². The summed E-state index contributed by atoms with van der Waals surface area (Å²) in [4.78, 5) is 0. The van der Waals surface area contributed by atoms with Gasteiger partial charge in [0.2, 0.25) is 0 Å². The van der Waals surface area contributed by atoms with Crippen LogP contribution in [0.25, 0.3) is 0 Å². The third-order valence-corrected chi connectivity index (χ3v) is 2.01.